The number of fused-ring (bicyclic) bond motifs is 3. The van der Waals surface area contributed by atoms with Gasteiger partial charge in [0.05, 0.1) is 5.02 Å². The van der Waals surface area contributed by atoms with Crippen molar-refractivity contribution in [3.8, 4) is 5.75 Å². The highest BCUT2D eigenvalue weighted by Gasteiger charge is 2.20. The number of carbonyl (C=O) groups excluding carboxylic acids is 2. The zero-order valence-electron chi connectivity index (χ0n) is 16.6. The lowest BCUT2D eigenvalue weighted by Crippen LogP contribution is -2.32. The number of benzene rings is 2. The second-order valence-electron chi connectivity index (χ2n) is 7.22. The average Bonchev–Trinajstić information content (AvgIpc) is 2.78. The fraction of sp³-hybridized carbons (Fsp3) is 0.261. The van der Waals surface area contributed by atoms with Gasteiger partial charge < -0.3 is 19.2 Å². The molecule has 31 heavy (non-hydrogen) atoms. The second kappa shape index (κ2) is 9.22. The number of hydrogen-bond acceptors (Lipinski definition) is 6. The van der Waals surface area contributed by atoms with Gasteiger partial charge in [0.1, 0.15) is 18.7 Å². The normalized spacial score (nSPS) is 12.8. The maximum atomic E-state index is 12.3. The summed E-state index contributed by atoms with van der Waals surface area (Å²) < 4.78 is 15.7. The van der Waals surface area contributed by atoms with Gasteiger partial charge >= 0.3 is 17.7 Å². The summed E-state index contributed by atoms with van der Waals surface area (Å²) in [5.74, 6) is -0.684. The second-order valence-corrected chi connectivity index (χ2v) is 7.63. The number of halogens is 1. The number of alkyl carbamates (subject to hydrolysis) is 1. The molecule has 4 rings (SSSR count). The fourth-order valence-corrected chi connectivity index (χ4v) is 3.80. The Labute approximate surface area is 182 Å². The molecule has 0 fully saturated rings. The molecule has 0 bridgehead atoms. The highest BCUT2D eigenvalue weighted by molar-refractivity contribution is 6.33. The van der Waals surface area contributed by atoms with Crippen LogP contribution in [0.5, 0.6) is 5.75 Å². The van der Waals surface area contributed by atoms with E-state index in [0.29, 0.717) is 17.6 Å². The van der Waals surface area contributed by atoms with E-state index >= 15 is 0 Å². The first-order valence-electron chi connectivity index (χ1n) is 9.94. The topological polar surface area (TPSA) is 94.8 Å². The lowest BCUT2D eigenvalue weighted by atomic mass is 9.91. The van der Waals surface area contributed by atoms with Crippen molar-refractivity contribution in [3.63, 3.8) is 0 Å². The molecule has 0 radical (unpaired) electrons. The van der Waals surface area contributed by atoms with Gasteiger partial charge in [0.15, 0.2) is 5.75 Å². The highest BCUT2D eigenvalue weighted by Crippen LogP contribution is 2.34. The molecule has 7 nitrogen and oxygen atoms in total. The molecule has 0 saturated carbocycles. The van der Waals surface area contributed by atoms with E-state index in [2.05, 4.69) is 5.32 Å². The number of carbonyl (C=O) groups is 2. The van der Waals surface area contributed by atoms with Gasteiger partial charge in [0.2, 0.25) is 0 Å². The van der Waals surface area contributed by atoms with Crippen molar-refractivity contribution in [3.05, 3.63) is 74.6 Å². The highest BCUT2D eigenvalue weighted by atomic mass is 35.5. The molecular formula is C23H20ClNO6. The summed E-state index contributed by atoms with van der Waals surface area (Å²) in [7, 11) is 0. The van der Waals surface area contributed by atoms with Crippen molar-refractivity contribution >= 4 is 34.6 Å². The lowest BCUT2D eigenvalue weighted by Gasteiger charge is -2.17. The van der Waals surface area contributed by atoms with Crippen molar-refractivity contribution < 1.29 is 23.5 Å². The van der Waals surface area contributed by atoms with Gasteiger partial charge in [-0.15, -0.1) is 0 Å². The van der Waals surface area contributed by atoms with Gasteiger partial charge in [-0.3, -0.25) is 0 Å². The number of ether oxygens (including phenoxy) is 2. The van der Waals surface area contributed by atoms with Crippen molar-refractivity contribution in [2.45, 2.75) is 32.3 Å². The SMILES string of the molecule is O=C(CNC(=O)OCc1ccccc1)Oc1cc2oc(=O)c3c(c2cc1Cl)CCCC3. The van der Waals surface area contributed by atoms with E-state index in [1.165, 1.54) is 6.07 Å². The van der Waals surface area contributed by atoms with Crippen LogP contribution in [-0.2, 0) is 29.0 Å². The zero-order valence-corrected chi connectivity index (χ0v) is 17.4. The van der Waals surface area contributed by atoms with Crippen LogP contribution in [0, 0.1) is 0 Å². The first-order valence-corrected chi connectivity index (χ1v) is 10.3. The summed E-state index contributed by atoms with van der Waals surface area (Å²) in [6, 6.07) is 12.2. The largest absolute Gasteiger partial charge is 0.445 e. The monoisotopic (exact) mass is 441 g/mol. The van der Waals surface area contributed by atoms with Gasteiger partial charge in [0.25, 0.3) is 0 Å². The molecule has 1 aromatic heterocycles. The van der Waals surface area contributed by atoms with E-state index in [9.17, 15) is 14.4 Å². The molecule has 1 aliphatic rings. The molecule has 160 valence electrons. The number of rotatable bonds is 5. The fourth-order valence-electron chi connectivity index (χ4n) is 3.60. The first kappa shape index (κ1) is 20.9. The molecule has 0 atom stereocenters. The minimum absolute atomic E-state index is 0.0533. The summed E-state index contributed by atoms with van der Waals surface area (Å²) in [6.45, 7) is -0.322. The Morgan fingerprint density at radius 2 is 1.81 bits per heavy atom. The van der Waals surface area contributed by atoms with Gasteiger partial charge in [-0.25, -0.2) is 14.4 Å². The maximum Gasteiger partial charge on any atom is 0.407 e. The molecule has 1 amide bonds. The standard InChI is InChI=1S/C23H20ClNO6/c24-18-10-17-15-8-4-5-9-16(15)22(27)31-19(17)11-20(18)30-21(26)12-25-23(28)29-13-14-6-2-1-3-7-14/h1-3,6-7,10-11H,4-5,8-9,12-13H2,(H,25,28). The van der Waals surface area contributed by atoms with E-state index < -0.39 is 18.6 Å². The molecule has 0 aliphatic heterocycles. The van der Waals surface area contributed by atoms with Crippen LogP contribution in [0.3, 0.4) is 0 Å². The molecule has 1 aliphatic carbocycles. The Morgan fingerprint density at radius 1 is 1.06 bits per heavy atom. The summed E-state index contributed by atoms with van der Waals surface area (Å²) >= 11 is 6.30. The van der Waals surface area contributed by atoms with Crippen molar-refractivity contribution in [2.24, 2.45) is 0 Å². The summed E-state index contributed by atoms with van der Waals surface area (Å²) in [6.07, 6.45) is 2.66. The molecule has 1 heterocycles. The predicted octanol–water partition coefficient (Wildman–Crippen LogP) is 4.16. The van der Waals surface area contributed by atoms with Crippen LogP contribution >= 0.6 is 11.6 Å². The van der Waals surface area contributed by atoms with E-state index in [0.717, 1.165) is 35.8 Å². The number of hydrogen-bond donors (Lipinski definition) is 1. The zero-order chi connectivity index (χ0) is 21.8. The van der Waals surface area contributed by atoms with E-state index in [-0.39, 0.29) is 23.0 Å². The lowest BCUT2D eigenvalue weighted by molar-refractivity contribution is -0.133. The molecule has 0 unspecified atom stereocenters. The van der Waals surface area contributed by atoms with E-state index in [1.807, 2.05) is 30.3 Å². The van der Waals surface area contributed by atoms with Crippen molar-refractivity contribution in [2.75, 3.05) is 6.54 Å². The minimum atomic E-state index is -0.747. The molecule has 2 aromatic carbocycles. The third-order valence-corrected chi connectivity index (χ3v) is 5.39. The van der Waals surface area contributed by atoms with Crippen LogP contribution in [-0.4, -0.2) is 18.6 Å². The quantitative estimate of drug-likeness (QED) is 0.363. The smallest absolute Gasteiger partial charge is 0.407 e. The Morgan fingerprint density at radius 3 is 2.58 bits per heavy atom. The van der Waals surface area contributed by atoms with Crippen LogP contribution in [0.1, 0.15) is 29.5 Å². The summed E-state index contributed by atoms with van der Waals surface area (Å²) in [4.78, 5) is 36.2. The third-order valence-electron chi connectivity index (χ3n) is 5.09. The summed E-state index contributed by atoms with van der Waals surface area (Å²) in [5.41, 5.74) is 2.41. The maximum absolute atomic E-state index is 12.3. The molecule has 3 aromatic rings. The number of esters is 1. The van der Waals surface area contributed by atoms with Crippen LogP contribution in [0.2, 0.25) is 5.02 Å². The van der Waals surface area contributed by atoms with Crippen LogP contribution in [0.4, 0.5) is 4.79 Å². The number of aryl methyl sites for hydroxylation is 1. The third kappa shape index (κ3) is 4.88. The van der Waals surface area contributed by atoms with Gasteiger partial charge in [-0.05, 0) is 42.9 Å². The van der Waals surface area contributed by atoms with E-state index in [1.54, 1.807) is 6.07 Å². The summed E-state index contributed by atoms with van der Waals surface area (Å²) in [5, 5.41) is 3.30. The first-order chi connectivity index (χ1) is 15.0. The van der Waals surface area contributed by atoms with Gasteiger partial charge in [0, 0.05) is 17.0 Å². The van der Waals surface area contributed by atoms with E-state index in [4.69, 9.17) is 25.5 Å². The predicted molar refractivity (Wildman–Crippen MR) is 114 cm³/mol. The molecule has 8 heteroatoms. The minimum Gasteiger partial charge on any atom is -0.445 e. The molecular weight excluding hydrogens is 422 g/mol. The Balaban J connectivity index is 1.40. The van der Waals surface area contributed by atoms with Gasteiger partial charge in [-0.1, -0.05) is 41.9 Å². The Bertz CT molecular complexity index is 1190. The molecule has 0 saturated heterocycles. The van der Waals surface area contributed by atoms with Crippen molar-refractivity contribution in [1.82, 2.24) is 5.32 Å². The Kier molecular flexibility index (Phi) is 6.23. The van der Waals surface area contributed by atoms with Crippen LogP contribution in [0.15, 0.2) is 51.7 Å². The van der Waals surface area contributed by atoms with Gasteiger partial charge in [-0.2, -0.15) is 0 Å². The van der Waals surface area contributed by atoms with Crippen molar-refractivity contribution in [1.29, 1.82) is 0 Å². The molecule has 0 spiro atoms. The van der Waals surface area contributed by atoms with Crippen LogP contribution in [0.25, 0.3) is 11.0 Å². The average molecular weight is 442 g/mol. The van der Waals surface area contributed by atoms with Crippen LogP contribution < -0.4 is 15.7 Å². The number of amides is 1. The Hall–Kier alpha value is -3.32. The number of nitrogens with one attached hydrogen (secondary N) is 1. The molecule has 1 N–H and O–H groups in total.